The third-order valence-electron chi connectivity index (χ3n) is 2.57. The highest BCUT2D eigenvalue weighted by molar-refractivity contribution is 5.87. The summed E-state index contributed by atoms with van der Waals surface area (Å²) in [5, 5.41) is 0. The van der Waals surface area contributed by atoms with E-state index in [9.17, 15) is 0 Å². The van der Waals surface area contributed by atoms with E-state index in [2.05, 4.69) is 23.0 Å². The van der Waals surface area contributed by atoms with Crippen LogP contribution in [0.3, 0.4) is 0 Å². The molecule has 80 valence electrons. The van der Waals surface area contributed by atoms with Crippen LogP contribution in [0.2, 0.25) is 0 Å². The molecule has 0 saturated heterocycles. The predicted molar refractivity (Wildman–Crippen MR) is 61.8 cm³/mol. The first kappa shape index (κ1) is 11.0. The van der Waals surface area contributed by atoms with E-state index in [0.717, 1.165) is 22.1 Å². The van der Waals surface area contributed by atoms with Crippen molar-refractivity contribution in [2.45, 2.75) is 6.92 Å². The standard InChI is InChI=1S/C13H10N2.BrH/c1-9-5-4-8-12-13(9)15-11-7-3-2-6-10(11)14-12;/h2-8H,1H3;1H/p-1. The molecule has 0 spiro atoms. The zero-order valence-corrected chi connectivity index (χ0v) is 10.4. The fraction of sp³-hybridized carbons (Fsp3) is 0.0769. The Labute approximate surface area is 104 Å². The van der Waals surface area contributed by atoms with Gasteiger partial charge in [0.15, 0.2) is 0 Å². The third-order valence-corrected chi connectivity index (χ3v) is 2.57. The molecule has 1 aromatic heterocycles. The zero-order valence-electron chi connectivity index (χ0n) is 8.81. The maximum absolute atomic E-state index is 4.61. The van der Waals surface area contributed by atoms with Crippen LogP contribution < -0.4 is 17.0 Å². The van der Waals surface area contributed by atoms with Gasteiger partial charge in [-0.25, -0.2) is 9.97 Å². The maximum Gasteiger partial charge on any atom is 0.0923 e. The zero-order chi connectivity index (χ0) is 10.3. The van der Waals surface area contributed by atoms with Crippen molar-refractivity contribution >= 4 is 22.1 Å². The van der Waals surface area contributed by atoms with Gasteiger partial charge in [0, 0.05) is 0 Å². The fourth-order valence-corrected chi connectivity index (χ4v) is 1.78. The van der Waals surface area contributed by atoms with Crippen LogP contribution in [-0.2, 0) is 0 Å². The molecule has 0 fully saturated rings. The monoisotopic (exact) mass is 273 g/mol. The van der Waals surface area contributed by atoms with E-state index in [-0.39, 0.29) is 17.0 Å². The van der Waals surface area contributed by atoms with Crippen LogP contribution in [0.1, 0.15) is 5.56 Å². The van der Waals surface area contributed by atoms with E-state index in [1.807, 2.05) is 36.4 Å². The lowest BCUT2D eigenvalue weighted by atomic mass is 10.2. The molecular weight excluding hydrogens is 264 g/mol. The van der Waals surface area contributed by atoms with Crippen LogP contribution in [0.5, 0.6) is 0 Å². The number of fused-ring (bicyclic) bond motifs is 2. The van der Waals surface area contributed by atoms with Crippen molar-refractivity contribution in [3.63, 3.8) is 0 Å². The Kier molecular flexibility index (Phi) is 2.88. The van der Waals surface area contributed by atoms with Crippen LogP contribution >= 0.6 is 0 Å². The van der Waals surface area contributed by atoms with Crippen molar-refractivity contribution < 1.29 is 17.0 Å². The molecule has 0 N–H and O–H groups in total. The Morgan fingerprint density at radius 2 is 1.38 bits per heavy atom. The molecule has 3 heteroatoms. The Bertz CT molecular complexity index is 650. The lowest BCUT2D eigenvalue weighted by Crippen LogP contribution is -3.00. The quantitative estimate of drug-likeness (QED) is 0.543. The van der Waals surface area contributed by atoms with E-state index >= 15 is 0 Å². The molecule has 2 nitrogen and oxygen atoms in total. The van der Waals surface area contributed by atoms with Gasteiger partial charge in [0.25, 0.3) is 0 Å². The molecule has 0 aliphatic heterocycles. The van der Waals surface area contributed by atoms with Crippen LogP contribution in [0.4, 0.5) is 0 Å². The van der Waals surface area contributed by atoms with Crippen LogP contribution in [0.15, 0.2) is 42.5 Å². The minimum atomic E-state index is 0. The van der Waals surface area contributed by atoms with E-state index in [0.29, 0.717) is 0 Å². The minimum absolute atomic E-state index is 0. The molecule has 0 bridgehead atoms. The fourth-order valence-electron chi connectivity index (χ4n) is 1.78. The number of para-hydroxylation sites is 3. The molecule has 3 aromatic rings. The van der Waals surface area contributed by atoms with Gasteiger partial charge in [0.1, 0.15) is 0 Å². The van der Waals surface area contributed by atoms with Gasteiger partial charge in [-0.3, -0.25) is 0 Å². The minimum Gasteiger partial charge on any atom is -1.00 e. The number of rotatable bonds is 0. The van der Waals surface area contributed by atoms with Crippen molar-refractivity contribution in [2.75, 3.05) is 0 Å². The smallest absolute Gasteiger partial charge is 0.0923 e. The average molecular weight is 274 g/mol. The molecule has 1 heterocycles. The molecule has 0 saturated carbocycles. The lowest BCUT2D eigenvalue weighted by Gasteiger charge is -2.02. The molecule has 3 rings (SSSR count). The summed E-state index contributed by atoms with van der Waals surface area (Å²) in [6, 6.07) is 14.0. The Morgan fingerprint density at radius 3 is 2.12 bits per heavy atom. The van der Waals surface area contributed by atoms with Crippen LogP contribution in [0, 0.1) is 6.92 Å². The van der Waals surface area contributed by atoms with Gasteiger partial charge in [0.2, 0.25) is 0 Å². The normalized spacial score (nSPS) is 10.3. The molecule has 2 aromatic carbocycles. The lowest BCUT2D eigenvalue weighted by molar-refractivity contribution is -0.00000312. The number of hydrogen-bond donors (Lipinski definition) is 0. The molecule has 0 amide bonds. The first-order valence-electron chi connectivity index (χ1n) is 4.97. The molecule has 0 aliphatic carbocycles. The second-order valence-corrected chi connectivity index (χ2v) is 3.65. The summed E-state index contributed by atoms with van der Waals surface area (Å²) in [7, 11) is 0. The van der Waals surface area contributed by atoms with Gasteiger partial charge in [-0.05, 0) is 30.7 Å². The highest BCUT2D eigenvalue weighted by atomic mass is 79.9. The summed E-state index contributed by atoms with van der Waals surface area (Å²) in [6.45, 7) is 2.06. The molecule has 0 aliphatic rings. The van der Waals surface area contributed by atoms with Crippen molar-refractivity contribution in [1.29, 1.82) is 0 Å². The largest absolute Gasteiger partial charge is 1.00 e. The second-order valence-electron chi connectivity index (χ2n) is 3.65. The van der Waals surface area contributed by atoms with Gasteiger partial charge in [0.05, 0.1) is 22.1 Å². The highest BCUT2D eigenvalue weighted by Gasteiger charge is 2.01. The van der Waals surface area contributed by atoms with E-state index in [1.165, 1.54) is 5.56 Å². The number of benzene rings is 2. The Morgan fingerprint density at radius 1 is 0.750 bits per heavy atom. The average Bonchev–Trinajstić information content (AvgIpc) is 2.27. The Balaban J connectivity index is 0.000000963. The highest BCUT2D eigenvalue weighted by Crippen LogP contribution is 2.18. The summed E-state index contributed by atoms with van der Waals surface area (Å²) < 4.78 is 0. The first-order valence-corrected chi connectivity index (χ1v) is 4.97. The molecule has 0 unspecified atom stereocenters. The number of nitrogens with zero attached hydrogens (tertiary/aromatic N) is 2. The number of aryl methyl sites for hydroxylation is 1. The van der Waals surface area contributed by atoms with Gasteiger partial charge < -0.3 is 17.0 Å². The number of hydrogen-bond acceptors (Lipinski definition) is 2. The molecule has 0 atom stereocenters. The van der Waals surface area contributed by atoms with E-state index in [1.54, 1.807) is 0 Å². The van der Waals surface area contributed by atoms with Crippen molar-refractivity contribution in [1.82, 2.24) is 9.97 Å². The number of aromatic nitrogens is 2. The summed E-state index contributed by atoms with van der Waals surface area (Å²) >= 11 is 0. The Hall–Kier alpha value is -1.48. The topological polar surface area (TPSA) is 25.8 Å². The van der Waals surface area contributed by atoms with Gasteiger partial charge in [-0.15, -0.1) is 0 Å². The first-order chi connectivity index (χ1) is 7.34. The summed E-state index contributed by atoms with van der Waals surface area (Å²) in [5.41, 5.74) is 5.05. The number of halogens is 1. The van der Waals surface area contributed by atoms with Gasteiger partial charge in [-0.1, -0.05) is 24.3 Å². The predicted octanol–water partition coefficient (Wildman–Crippen LogP) is 0.0954. The third kappa shape index (κ3) is 1.67. The molecule has 0 radical (unpaired) electrons. The van der Waals surface area contributed by atoms with Crippen molar-refractivity contribution in [3.8, 4) is 0 Å². The van der Waals surface area contributed by atoms with Crippen molar-refractivity contribution in [2.24, 2.45) is 0 Å². The van der Waals surface area contributed by atoms with E-state index in [4.69, 9.17) is 0 Å². The van der Waals surface area contributed by atoms with Crippen LogP contribution in [-0.4, -0.2) is 9.97 Å². The molecular formula is C13H10BrN2-. The second kappa shape index (κ2) is 4.18. The van der Waals surface area contributed by atoms with Crippen LogP contribution in [0.25, 0.3) is 22.1 Å². The van der Waals surface area contributed by atoms with Gasteiger partial charge >= 0.3 is 0 Å². The summed E-state index contributed by atoms with van der Waals surface area (Å²) in [4.78, 5) is 9.19. The van der Waals surface area contributed by atoms with E-state index < -0.39 is 0 Å². The summed E-state index contributed by atoms with van der Waals surface area (Å²) in [6.07, 6.45) is 0. The summed E-state index contributed by atoms with van der Waals surface area (Å²) in [5.74, 6) is 0. The molecule has 16 heavy (non-hydrogen) atoms. The SMILES string of the molecule is Cc1cccc2nc3ccccc3nc12.[Br-]. The van der Waals surface area contributed by atoms with Crippen molar-refractivity contribution in [3.05, 3.63) is 48.0 Å². The van der Waals surface area contributed by atoms with Gasteiger partial charge in [-0.2, -0.15) is 0 Å². The maximum atomic E-state index is 4.61.